The van der Waals surface area contributed by atoms with Crippen molar-refractivity contribution in [2.24, 2.45) is 0 Å². The lowest BCUT2D eigenvalue weighted by atomic mass is 10.0. The molecule has 0 aromatic rings. The molecule has 0 bridgehead atoms. The normalized spacial score (nSPS) is 20.1. The van der Waals surface area contributed by atoms with Gasteiger partial charge in [-0.2, -0.15) is 0 Å². The molecule has 1 unspecified atom stereocenters. The molecule has 0 aromatic heterocycles. The summed E-state index contributed by atoms with van der Waals surface area (Å²) >= 11 is 0. The second kappa shape index (κ2) is 4.31. The van der Waals surface area contributed by atoms with Crippen molar-refractivity contribution < 1.29 is 14.3 Å². The number of likely N-dealkylation sites (N-methyl/N-ethyl adjacent to an activating group) is 1. The molecule has 1 aliphatic rings. The molecule has 5 nitrogen and oxygen atoms in total. The number of nitrogens with zero attached hydrogens (tertiary/aromatic N) is 2. The van der Waals surface area contributed by atoms with E-state index in [9.17, 15) is 9.59 Å². The molecule has 1 fully saturated rings. The molecule has 0 N–H and O–H groups in total. The van der Waals surface area contributed by atoms with Gasteiger partial charge >= 0.3 is 6.09 Å². The summed E-state index contributed by atoms with van der Waals surface area (Å²) in [6.45, 7) is 6.04. The van der Waals surface area contributed by atoms with E-state index in [0.29, 0.717) is 6.54 Å². The van der Waals surface area contributed by atoms with Crippen molar-refractivity contribution in [3.63, 3.8) is 0 Å². The molecule has 0 radical (unpaired) electrons. The minimum Gasteiger partial charge on any atom is -0.444 e. The molecule has 1 saturated heterocycles. The number of amides is 2. The van der Waals surface area contributed by atoms with Crippen molar-refractivity contribution in [3.8, 4) is 0 Å². The zero-order valence-electron chi connectivity index (χ0n) is 10.6. The van der Waals surface area contributed by atoms with Gasteiger partial charge in [0.1, 0.15) is 11.6 Å². The van der Waals surface area contributed by atoms with Crippen LogP contribution in [-0.2, 0) is 9.53 Å². The van der Waals surface area contributed by atoms with Gasteiger partial charge in [0, 0.05) is 20.6 Å². The summed E-state index contributed by atoms with van der Waals surface area (Å²) in [6.07, 6.45) is 0.315. The van der Waals surface area contributed by atoms with Crippen LogP contribution in [0.5, 0.6) is 0 Å². The van der Waals surface area contributed by atoms with Crippen molar-refractivity contribution in [3.05, 3.63) is 0 Å². The Morgan fingerprint density at radius 1 is 1.31 bits per heavy atom. The molecule has 0 saturated carbocycles. The summed E-state index contributed by atoms with van der Waals surface area (Å²) < 4.78 is 5.22. The van der Waals surface area contributed by atoms with Crippen molar-refractivity contribution >= 4 is 12.0 Å². The topological polar surface area (TPSA) is 49.9 Å². The summed E-state index contributed by atoms with van der Waals surface area (Å²) in [4.78, 5) is 26.4. The van der Waals surface area contributed by atoms with Crippen LogP contribution in [-0.4, -0.2) is 54.1 Å². The van der Waals surface area contributed by atoms with Crippen LogP contribution in [0.15, 0.2) is 0 Å². The molecule has 16 heavy (non-hydrogen) atoms. The summed E-state index contributed by atoms with van der Waals surface area (Å²) in [6, 6.07) is -0.343. The highest BCUT2D eigenvalue weighted by atomic mass is 16.6. The first kappa shape index (κ1) is 12.8. The van der Waals surface area contributed by atoms with E-state index in [4.69, 9.17) is 4.74 Å². The van der Waals surface area contributed by atoms with E-state index in [2.05, 4.69) is 0 Å². The number of carbonyl (C=O) groups excluding carboxylic acids is 2. The maximum absolute atomic E-state index is 11.7. The molecular weight excluding hydrogens is 208 g/mol. The molecule has 92 valence electrons. The maximum Gasteiger partial charge on any atom is 0.410 e. The van der Waals surface area contributed by atoms with Crippen LogP contribution in [0.1, 0.15) is 27.2 Å². The van der Waals surface area contributed by atoms with Gasteiger partial charge in [-0.25, -0.2) is 4.79 Å². The van der Waals surface area contributed by atoms with Gasteiger partial charge < -0.3 is 9.64 Å². The van der Waals surface area contributed by atoms with Crippen LogP contribution in [0.4, 0.5) is 4.79 Å². The molecule has 1 rings (SSSR count). The summed E-state index contributed by atoms with van der Waals surface area (Å²) in [5, 5.41) is 0. The molecule has 1 atom stereocenters. The van der Waals surface area contributed by atoms with E-state index in [1.807, 2.05) is 20.8 Å². The number of hydrogen-bond donors (Lipinski definition) is 0. The molecule has 2 amide bonds. The van der Waals surface area contributed by atoms with E-state index >= 15 is 0 Å². The van der Waals surface area contributed by atoms with Crippen LogP contribution in [0.3, 0.4) is 0 Å². The first-order chi connectivity index (χ1) is 7.22. The smallest absolute Gasteiger partial charge is 0.410 e. The third-order valence-electron chi connectivity index (χ3n) is 2.37. The average Bonchev–Trinajstić information content (AvgIpc) is 1.97. The van der Waals surface area contributed by atoms with Gasteiger partial charge in [0.05, 0.1) is 0 Å². The Balaban J connectivity index is 2.56. The standard InChI is InChI=1S/C11H20N2O3/c1-11(2,3)16-10(15)13-7-6-8(13)9(14)12(4)5/h8H,6-7H2,1-5H3. The highest BCUT2D eigenvalue weighted by Gasteiger charge is 2.40. The number of rotatable bonds is 1. The fourth-order valence-corrected chi connectivity index (χ4v) is 1.48. The fourth-order valence-electron chi connectivity index (χ4n) is 1.48. The minimum atomic E-state index is -0.515. The zero-order valence-corrected chi connectivity index (χ0v) is 10.6. The molecule has 0 spiro atoms. The predicted molar refractivity (Wildman–Crippen MR) is 60.0 cm³/mol. The van der Waals surface area contributed by atoms with E-state index in [-0.39, 0.29) is 11.9 Å². The van der Waals surface area contributed by atoms with Crippen LogP contribution < -0.4 is 0 Å². The van der Waals surface area contributed by atoms with Crippen LogP contribution in [0.25, 0.3) is 0 Å². The van der Waals surface area contributed by atoms with Gasteiger partial charge in [0.2, 0.25) is 5.91 Å². The Morgan fingerprint density at radius 2 is 1.88 bits per heavy atom. The van der Waals surface area contributed by atoms with Crippen molar-refractivity contribution in [1.82, 2.24) is 9.80 Å². The van der Waals surface area contributed by atoms with Crippen molar-refractivity contribution in [2.45, 2.75) is 38.8 Å². The Labute approximate surface area is 96.3 Å². The molecule has 0 aromatic carbocycles. The minimum absolute atomic E-state index is 0.0443. The number of ether oxygens (including phenoxy) is 1. The molecule has 1 aliphatic heterocycles. The SMILES string of the molecule is CN(C)C(=O)C1CCN1C(=O)OC(C)(C)C. The summed E-state index contributed by atoms with van der Waals surface area (Å²) in [5.74, 6) is -0.0443. The Morgan fingerprint density at radius 3 is 2.19 bits per heavy atom. The second-order valence-corrected chi connectivity index (χ2v) is 5.21. The van der Waals surface area contributed by atoms with Crippen molar-refractivity contribution in [2.75, 3.05) is 20.6 Å². The first-order valence-corrected chi connectivity index (χ1v) is 5.43. The quantitative estimate of drug-likeness (QED) is 0.675. The van der Waals surface area contributed by atoms with E-state index in [0.717, 1.165) is 6.42 Å². The van der Waals surface area contributed by atoms with Gasteiger partial charge in [-0.3, -0.25) is 9.69 Å². The molecular formula is C11H20N2O3. The maximum atomic E-state index is 11.7. The number of carbonyl (C=O) groups is 2. The van der Waals surface area contributed by atoms with Gasteiger partial charge in [0.15, 0.2) is 0 Å². The number of hydrogen-bond acceptors (Lipinski definition) is 3. The summed E-state index contributed by atoms with van der Waals surface area (Å²) in [7, 11) is 3.38. The van der Waals surface area contributed by atoms with E-state index in [1.165, 1.54) is 9.80 Å². The lowest BCUT2D eigenvalue weighted by molar-refractivity contribution is -0.138. The lowest BCUT2D eigenvalue weighted by Gasteiger charge is -2.41. The van der Waals surface area contributed by atoms with Crippen molar-refractivity contribution in [1.29, 1.82) is 0 Å². The highest BCUT2D eigenvalue weighted by Crippen LogP contribution is 2.22. The van der Waals surface area contributed by atoms with E-state index in [1.54, 1.807) is 14.1 Å². The third-order valence-corrected chi connectivity index (χ3v) is 2.37. The van der Waals surface area contributed by atoms with Gasteiger partial charge in [-0.05, 0) is 27.2 Å². The van der Waals surface area contributed by atoms with Gasteiger partial charge in [-0.15, -0.1) is 0 Å². The summed E-state index contributed by atoms with van der Waals surface area (Å²) in [5.41, 5.74) is -0.515. The van der Waals surface area contributed by atoms with Crippen LogP contribution in [0, 0.1) is 0 Å². The Bertz CT molecular complexity index is 294. The van der Waals surface area contributed by atoms with Gasteiger partial charge in [-0.1, -0.05) is 0 Å². The van der Waals surface area contributed by atoms with Gasteiger partial charge in [0.25, 0.3) is 0 Å². The lowest BCUT2D eigenvalue weighted by Crippen LogP contribution is -2.58. The fraction of sp³-hybridized carbons (Fsp3) is 0.818. The van der Waals surface area contributed by atoms with Crippen LogP contribution >= 0.6 is 0 Å². The largest absolute Gasteiger partial charge is 0.444 e. The molecule has 0 aliphatic carbocycles. The zero-order chi connectivity index (χ0) is 12.5. The highest BCUT2D eigenvalue weighted by molar-refractivity contribution is 5.87. The molecule has 1 heterocycles. The van der Waals surface area contributed by atoms with E-state index < -0.39 is 11.7 Å². The average molecular weight is 228 g/mol. The number of likely N-dealkylation sites (tertiary alicyclic amines) is 1. The Hall–Kier alpha value is -1.26. The second-order valence-electron chi connectivity index (χ2n) is 5.21. The first-order valence-electron chi connectivity index (χ1n) is 5.43. The monoisotopic (exact) mass is 228 g/mol. The third kappa shape index (κ3) is 2.87. The Kier molecular flexibility index (Phi) is 3.45. The predicted octanol–water partition coefficient (Wildman–Crippen LogP) is 1.08. The molecule has 5 heteroatoms. The van der Waals surface area contributed by atoms with Crippen LogP contribution in [0.2, 0.25) is 0 Å².